The van der Waals surface area contributed by atoms with Gasteiger partial charge in [-0.05, 0) is 5.41 Å². The van der Waals surface area contributed by atoms with Crippen LogP contribution in [0.4, 0.5) is 0 Å². The first kappa shape index (κ1) is 16.8. The number of hydrogen-bond acceptors (Lipinski definition) is 5. The number of nitrogens with two attached hydrogens (primary N) is 1. The van der Waals surface area contributed by atoms with E-state index in [2.05, 4.69) is 0 Å². The van der Waals surface area contributed by atoms with Crippen LogP contribution in [0.25, 0.3) is 0 Å². The standard InChI is InChI=1S/C12H24N2O3S2/c1-12(2,3)9(13)7-10(15)14-5-6-18-8-11(14)19(4,16)17/h9,11H,5-8,13H2,1-4H3. The Morgan fingerprint density at radius 1 is 1.47 bits per heavy atom. The van der Waals surface area contributed by atoms with Gasteiger partial charge in [-0.3, -0.25) is 4.79 Å². The largest absolute Gasteiger partial charge is 0.327 e. The molecule has 1 amide bonds. The summed E-state index contributed by atoms with van der Waals surface area (Å²) < 4.78 is 23.5. The van der Waals surface area contributed by atoms with Gasteiger partial charge in [-0.2, -0.15) is 11.8 Å². The van der Waals surface area contributed by atoms with Gasteiger partial charge in [-0.25, -0.2) is 8.42 Å². The van der Waals surface area contributed by atoms with E-state index in [1.807, 2.05) is 20.8 Å². The van der Waals surface area contributed by atoms with Crippen LogP contribution in [-0.2, 0) is 14.6 Å². The summed E-state index contributed by atoms with van der Waals surface area (Å²) in [6.45, 7) is 6.42. The molecule has 1 aliphatic heterocycles. The predicted molar refractivity (Wildman–Crippen MR) is 79.7 cm³/mol. The Balaban J connectivity index is 2.79. The van der Waals surface area contributed by atoms with Crippen LogP contribution in [0.1, 0.15) is 27.2 Å². The highest BCUT2D eigenvalue weighted by Gasteiger charge is 2.35. The molecule has 7 heteroatoms. The molecular formula is C12H24N2O3S2. The number of rotatable bonds is 3. The lowest BCUT2D eigenvalue weighted by atomic mass is 9.85. The zero-order chi connectivity index (χ0) is 14.8. The van der Waals surface area contributed by atoms with Crippen molar-refractivity contribution in [3.8, 4) is 0 Å². The summed E-state index contributed by atoms with van der Waals surface area (Å²) in [5, 5.41) is -0.703. The van der Waals surface area contributed by atoms with E-state index in [9.17, 15) is 13.2 Å². The number of thioether (sulfide) groups is 1. The van der Waals surface area contributed by atoms with E-state index in [4.69, 9.17) is 5.73 Å². The first-order valence-corrected chi connectivity index (χ1v) is 9.46. The highest BCUT2D eigenvalue weighted by atomic mass is 32.2. The topological polar surface area (TPSA) is 80.5 Å². The van der Waals surface area contributed by atoms with E-state index in [0.717, 1.165) is 5.75 Å². The third kappa shape index (κ3) is 4.65. The van der Waals surface area contributed by atoms with Gasteiger partial charge in [0.05, 0.1) is 0 Å². The maximum absolute atomic E-state index is 12.3. The highest BCUT2D eigenvalue weighted by molar-refractivity contribution is 8.00. The Labute approximate surface area is 120 Å². The van der Waals surface area contributed by atoms with E-state index in [0.29, 0.717) is 12.3 Å². The summed E-state index contributed by atoms with van der Waals surface area (Å²) in [6.07, 6.45) is 1.38. The van der Waals surface area contributed by atoms with Crippen LogP contribution in [-0.4, -0.2) is 54.9 Å². The maximum Gasteiger partial charge on any atom is 0.225 e. The molecule has 0 radical (unpaired) electrons. The van der Waals surface area contributed by atoms with Crippen molar-refractivity contribution in [1.82, 2.24) is 4.90 Å². The van der Waals surface area contributed by atoms with Crippen molar-refractivity contribution in [1.29, 1.82) is 0 Å². The van der Waals surface area contributed by atoms with E-state index in [1.165, 1.54) is 11.2 Å². The summed E-state index contributed by atoms with van der Waals surface area (Å²) in [5.74, 6) is 1.08. The van der Waals surface area contributed by atoms with Gasteiger partial charge in [0, 0.05) is 36.8 Å². The second kappa shape index (κ2) is 6.01. The second-order valence-electron chi connectivity index (χ2n) is 6.12. The Kier molecular flexibility index (Phi) is 5.31. The van der Waals surface area contributed by atoms with Crippen LogP contribution in [0, 0.1) is 5.41 Å². The Morgan fingerprint density at radius 3 is 2.53 bits per heavy atom. The van der Waals surface area contributed by atoms with Crippen LogP contribution < -0.4 is 5.73 Å². The quantitative estimate of drug-likeness (QED) is 0.830. The minimum atomic E-state index is -3.25. The fraction of sp³-hybridized carbons (Fsp3) is 0.917. The molecule has 0 aromatic heterocycles. The molecule has 1 rings (SSSR count). The number of sulfone groups is 1. The minimum absolute atomic E-state index is 0.154. The molecule has 112 valence electrons. The lowest BCUT2D eigenvalue weighted by Crippen LogP contribution is -2.52. The molecule has 1 aliphatic rings. The molecule has 1 fully saturated rings. The summed E-state index contributed by atoms with van der Waals surface area (Å²) in [4.78, 5) is 13.8. The summed E-state index contributed by atoms with van der Waals surface area (Å²) >= 11 is 1.57. The molecule has 2 unspecified atom stereocenters. The number of carbonyl (C=O) groups excluding carboxylic acids is 1. The average Bonchev–Trinajstić information content (AvgIpc) is 2.26. The molecule has 2 atom stereocenters. The molecule has 1 heterocycles. The van der Waals surface area contributed by atoms with Crippen molar-refractivity contribution in [2.75, 3.05) is 24.3 Å². The first-order chi connectivity index (χ1) is 8.53. The van der Waals surface area contributed by atoms with E-state index < -0.39 is 15.2 Å². The molecule has 0 bridgehead atoms. The molecule has 0 spiro atoms. The monoisotopic (exact) mass is 308 g/mol. The van der Waals surface area contributed by atoms with Crippen LogP contribution in [0.3, 0.4) is 0 Å². The number of amides is 1. The van der Waals surface area contributed by atoms with E-state index in [1.54, 1.807) is 11.8 Å². The normalized spacial score (nSPS) is 23.2. The van der Waals surface area contributed by atoms with Gasteiger partial charge in [-0.1, -0.05) is 20.8 Å². The smallest absolute Gasteiger partial charge is 0.225 e. The van der Waals surface area contributed by atoms with Gasteiger partial charge in [0.2, 0.25) is 5.91 Å². The summed E-state index contributed by atoms with van der Waals surface area (Å²) in [7, 11) is -3.25. The van der Waals surface area contributed by atoms with Crippen LogP contribution >= 0.6 is 11.8 Å². The molecule has 2 N–H and O–H groups in total. The van der Waals surface area contributed by atoms with Gasteiger partial charge < -0.3 is 10.6 Å². The van der Waals surface area contributed by atoms with Gasteiger partial charge in [0.1, 0.15) is 5.37 Å². The lowest BCUT2D eigenvalue weighted by molar-refractivity contribution is -0.132. The fourth-order valence-electron chi connectivity index (χ4n) is 1.83. The van der Waals surface area contributed by atoms with Gasteiger partial charge >= 0.3 is 0 Å². The average molecular weight is 308 g/mol. The zero-order valence-electron chi connectivity index (χ0n) is 12.0. The molecule has 0 aromatic carbocycles. The molecule has 1 saturated heterocycles. The van der Waals surface area contributed by atoms with Crippen LogP contribution in [0.5, 0.6) is 0 Å². The third-order valence-electron chi connectivity index (χ3n) is 3.41. The predicted octanol–water partition coefficient (Wildman–Crippen LogP) is 0.696. The maximum atomic E-state index is 12.3. The van der Waals surface area contributed by atoms with Crippen molar-refractivity contribution >= 4 is 27.5 Å². The molecule has 0 aromatic rings. The Hall–Kier alpha value is -0.270. The zero-order valence-corrected chi connectivity index (χ0v) is 13.7. The summed E-state index contributed by atoms with van der Waals surface area (Å²) in [5.41, 5.74) is 5.84. The van der Waals surface area contributed by atoms with Crippen molar-refractivity contribution in [3.05, 3.63) is 0 Å². The minimum Gasteiger partial charge on any atom is -0.327 e. The molecule has 19 heavy (non-hydrogen) atoms. The third-order valence-corrected chi connectivity index (χ3v) is 6.05. The van der Waals surface area contributed by atoms with Crippen molar-refractivity contribution in [2.45, 2.75) is 38.6 Å². The Bertz CT molecular complexity index is 429. The van der Waals surface area contributed by atoms with Crippen LogP contribution in [0.2, 0.25) is 0 Å². The lowest BCUT2D eigenvalue weighted by Gasteiger charge is -2.36. The van der Waals surface area contributed by atoms with Gasteiger partial charge in [0.15, 0.2) is 9.84 Å². The highest BCUT2D eigenvalue weighted by Crippen LogP contribution is 2.24. The Morgan fingerprint density at radius 2 is 2.05 bits per heavy atom. The number of hydrogen-bond donors (Lipinski definition) is 1. The fourth-order valence-corrected chi connectivity index (χ4v) is 4.67. The van der Waals surface area contributed by atoms with Crippen LogP contribution in [0.15, 0.2) is 0 Å². The van der Waals surface area contributed by atoms with Crippen molar-refractivity contribution in [2.24, 2.45) is 11.1 Å². The molecule has 0 aliphatic carbocycles. The first-order valence-electron chi connectivity index (χ1n) is 6.35. The van der Waals surface area contributed by atoms with E-state index >= 15 is 0 Å². The SMILES string of the molecule is CC(C)(C)C(N)CC(=O)N1CCSCC1S(C)(=O)=O. The second-order valence-corrected chi connectivity index (χ2v) is 9.48. The molecule has 0 saturated carbocycles. The summed E-state index contributed by atoms with van der Waals surface area (Å²) in [6, 6.07) is -0.269. The number of nitrogens with zero attached hydrogens (tertiary/aromatic N) is 1. The molecular weight excluding hydrogens is 284 g/mol. The van der Waals surface area contributed by atoms with Gasteiger partial charge in [0.25, 0.3) is 0 Å². The van der Waals surface area contributed by atoms with Gasteiger partial charge in [-0.15, -0.1) is 0 Å². The van der Waals surface area contributed by atoms with E-state index in [-0.39, 0.29) is 23.8 Å². The molecule has 5 nitrogen and oxygen atoms in total. The number of carbonyl (C=O) groups is 1. The van der Waals surface area contributed by atoms with Crippen molar-refractivity contribution < 1.29 is 13.2 Å². The van der Waals surface area contributed by atoms with Crippen molar-refractivity contribution in [3.63, 3.8) is 0 Å².